The monoisotopic (exact) mass is 240 g/mol. The summed E-state index contributed by atoms with van der Waals surface area (Å²) in [6.07, 6.45) is 0. The van der Waals surface area contributed by atoms with Gasteiger partial charge >= 0.3 is 0 Å². The van der Waals surface area contributed by atoms with E-state index in [2.05, 4.69) is 15.9 Å². The van der Waals surface area contributed by atoms with Crippen LogP contribution in [0.2, 0.25) is 0 Å². The van der Waals surface area contributed by atoms with Crippen LogP contribution in [0, 0.1) is 11.3 Å². The van der Waals surface area contributed by atoms with Crippen molar-refractivity contribution in [2.24, 2.45) is 0 Å². The van der Waals surface area contributed by atoms with Crippen LogP contribution in [0.25, 0.3) is 0 Å². The number of halogens is 1. The highest BCUT2D eigenvalue weighted by molar-refractivity contribution is 9.09. The fourth-order valence-electron chi connectivity index (χ4n) is 0.450. The summed E-state index contributed by atoms with van der Waals surface area (Å²) in [5, 5.41) is 8.73. The predicted molar refractivity (Wildman–Crippen MR) is 45.8 cm³/mol. The van der Waals surface area contributed by atoms with Crippen molar-refractivity contribution in [3.05, 3.63) is 0 Å². The standard InChI is InChI=1S/C5H9BrN2O2S/c1-8(4-2-6)11(9,10)5-3-7/h2,4-5H2,1H3. The van der Waals surface area contributed by atoms with Gasteiger partial charge in [-0.1, -0.05) is 15.9 Å². The summed E-state index contributed by atoms with van der Waals surface area (Å²) in [4.78, 5) is 0. The van der Waals surface area contributed by atoms with E-state index in [1.807, 2.05) is 0 Å². The van der Waals surface area contributed by atoms with E-state index in [-0.39, 0.29) is 0 Å². The van der Waals surface area contributed by atoms with E-state index in [1.165, 1.54) is 7.05 Å². The minimum atomic E-state index is -3.33. The van der Waals surface area contributed by atoms with Gasteiger partial charge in [-0.3, -0.25) is 0 Å². The predicted octanol–water partition coefficient (Wildman–Crippen LogP) is 0.166. The fourth-order valence-corrected chi connectivity index (χ4v) is 1.97. The van der Waals surface area contributed by atoms with Crippen molar-refractivity contribution in [2.75, 3.05) is 24.7 Å². The molecule has 6 heteroatoms. The number of hydrogen-bond acceptors (Lipinski definition) is 3. The molecule has 0 amide bonds. The van der Waals surface area contributed by atoms with Gasteiger partial charge in [0, 0.05) is 18.9 Å². The molecule has 0 aliphatic heterocycles. The number of sulfonamides is 1. The van der Waals surface area contributed by atoms with Crippen LogP contribution < -0.4 is 0 Å². The highest BCUT2D eigenvalue weighted by Gasteiger charge is 2.15. The lowest BCUT2D eigenvalue weighted by Crippen LogP contribution is -2.30. The van der Waals surface area contributed by atoms with Crippen LogP contribution >= 0.6 is 15.9 Å². The molecule has 0 bridgehead atoms. The summed E-state index contributed by atoms with van der Waals surface area (Å²) >= 11 is 3.10. The lowest BCUT2D eigenvalue weighted by atomic mass is 10.8. The summed E-state index contributed by atoms with van der Waals surface area (Å²) in [7, 11) is -1.88. The lowest BCUT2D eigenvalue weighted by molar-refractivity contribution is 0.492. The number of alkyl halides is 1. The third-order valence-corrected chi connectivity index (χ3v) is 3.10. The molecule has 0 fully saturated rings. The Morgan fingerprint density at radius 1 is 1.64 bits per heavy atom. The topological polar surface area (TPSA) is 61.2 Å². The highest BCUT2D eigenvalue weighted by Crippen LogP contribution is 1.97. The molecule has 11 heavy (non-hydrogen) atoms. The van der Waals surface area contributed by atoms with Crippen molar-refractivity contribution in [3.8, 4) is 6.07 Å². The van der Waals surface area contributed by atoms with Crippen LogP contribution in [-0.4, -0.2) is 37.4 Å². The first-order valence-electron chi connectivity index (χ1n) is 2.91. The average molecular weight is 241 g/mol. The number of nitrogens with zero attached hydrogens (tertiary/aromatic N) is 2. The molecule has 0 saturated carbocycles. The molecule has 0 aromatic carbocycles. The first kappa shape index (κ1) is 10.9. The summed E-state index contributed by atoms with van der Waals surface area (Å²) in [5.41, 5.74) is 0. The zero-order valence-electron chi connectivity index (χ0n) is 6.12. The number of nitriles is 1. The second kappa shape index (κ2) is 4.70. The molecule has 0 saturated heterocycles. The molecular weight excluding hydrogens is 232 g/mol. The normalized spacial score (nSPS) is 11.5. The van der Waals surface area contributed by atoms with Crippen LogP contribution in [0.4, 0.5) is 0 Å². The summed E-state index contributed by atoms with van der Waals surface area (Å²) in [5.74, 6) is -0.448. The molecule has 4 nitrogen and oxygen atoms in total. The molecule has 0 atom stereocenters. The molecule has 0 radical (unpaired) electrons. The lowest BCUT2D eigenvalue weighted by Gasteiger charge is -2.12. The third-order valence-electron chi connectivity index (χ3n) is 1.12. The second-order valence-corrected chi connectivity index (χ2v) is 4.79. The molecule has 0 rings (SSSR count). The first-order chi connectivity index (χ1) is 5.04. The van der Waals surface area contributed by atoms with Gasteiger partial charge in [-0.05, 0) is 0 Å². The minimum absolute atomic E-state index is 0.393. The maximum Gasteiger partial charge on any atom is 0.227 e. The number of rotatable bonds is 4. The maximum atomic E-state index is 11.0. The number of hydrogen-bond donors (Lipinski definition) is 0. The molecule has 64 valence electrons. The Morgan fingerprint density at radius 3 is 2.55 bits per heavy atom. The van der Waals surface area contributed by atoms with E-state index in [4.69, 9.17) is 5.26 Å². The van der Waals surface area contributed by atoms with Crippen molar-refractivity contribution < 1.29 is 8.42 Å². The molecular formula is C5H9BrN2O2S. The summed E-state index contributed by atoms with van der Waals surface area (Å²) < 4.78 is 23.2. The van der Waals surface area contributed by atoms with Gasteiger partial charge in [0.2, 0.25) is 10.0 Å². The summed E-state index contributed by atoms with van der Waals surface area (Å²) in [6.45, 7) is 0.393. The van der Waals surface area contributed by atoms with Crippen LogP contribution in [0.1, 0.15) is 0 Å². The van der Waals surface area contributed by atoms with Gasteiger partial charge in [0.05, 0.1) is 6.07 Å². The fraction of sp³-hybridized carbons (Fsp3) is 0.800. The molecule has 0 N–H and O–H groups in total. The first-order valence-corrected chi connectivity index (χ1v) is 5.64. The Balaban J connectivity index is 4.21. The van der Waals surface area contributed by atoms with E-state index in [9.17, 15) is 8.42 Å². The Bertz CT molecular complexity index is 244. The Kier molecular flexibility index (Phi) is 4.65. The van der Waals surface area contributed by atoms with Crippen molar-refractivity contribution in [2.45, 2.75) is 0 Å². The van der Waals surface area contributed by atoms with Gasteiger partial charge in [0.25, 0.3) is 0 Å². The average Bonchev–Trinajstić information content (AvgIpc) is 1.88. The van der Waals surface area contributed by atoms with E-state index >= 15 is 0 Å². The van der Waals surface area contributed by atoms with Gasteiger partial charge in [0.1, 0.15) is 0 Å². The van der Waals surface area contributed by atoms with E-state index < -0.39 is 15.8 Å². The van der Waals surface area contributed by atoms with E-state index in [0.717, 1.165) is 4.31 Å². The Hall–Kier alpha value is -0.120. The Morgan fingerprint density at radius 2 is 2.18 bits per heavy atom. The van der Waals surface area contributed by atoms with E-state index in [1.54, 1.807) is 6.07 Å². The smallest absolute Gasteiger partial charge is 0.211 e. The Labute approximate surface area is 75.0 Å². The van der Waals surface area contributed by atoms with Crippen molar-refractivity contribution in [1.29, 1.82) is 5.26 Å². The van der Waals surface area contributed by atoms with Crippen LogP contribution in [-0.2, 0) is 10.0 Å². The zero-order chi connectivity index (χ0) is 8.91. The second-order valence-electron chi connectivity index (χ2n) is 1.92. The molecule has 0 aromatic heterocycles. The van der Waals surface area contributed by atoms with E-state index in [0.29, 0.717) is 11.9 Å². The van der Waals surface area contributed by atoms with Crippen molar-refractivity contribution >= 4 is 26.0 Å². The van der Waals surface area contributed by atoms with Crippen molar-refractivity contribution in [1.82, 2.24) is 4.31 Å². The highest BCUT2D eigenvalue weighted by atomic mass is 79.9. The summed E-state index contributed by atoms with van der Waals surface area (Å²) in [6, 6.07) is 1.60. The van der Waals surface area contributed by atoms with Gasteiger partial charge < -0.3 is 0 Å². The zero-order valence-corrected chi connectivity index (χ0v) is 8.52. The third kappa shape index (κ3) is 3.70. The van der Waals surface area contributed by atoms with Gasteiger partial charge in [-0.15, -0.1) is 0 Å². The largest absolute Gasteiger partial charge is 0.227 e. The van der Waals surface area contributed by atoms with Gasteiger partial charge in [-0.25, -0.2) is 12.7 Å². The molecule has 0 unspecified atom stereocenters. The minimum Gasteiger partial charge on any atom is -0.211 e. The van der Waals surface area contributed by atoms with Gasteiger partial charge in [-0.2, -0.15) is 5.26 Å². The van der Waals surface area contributed by atoms with Gasteiger partial charge in [0.15, 0.2) is 5.75 Å². The molecule has 0 heterocycles. The van der Waals surface area contributed by atoms with Crippen LogP contribution in [0.5, 0.6) is 0 Å². The quantitative estimate of drug-likeness (QED) is 0.659. The van der Waals surface area contributed by atoms with Crippen LogP contribution in [0.15, 0.2) is 0 Å². The maximum absolute atomic E-state index is 11.0. The molecule has 0 aliphatic carbocycles. The SMILES string of the molecule is CN(CCBr)S(=O)(=O)CC#N. The molecule has 0 spiro atoms. The molecule has 0 aromatic rings. The van der Waals surface area contributed by atoms with Crippen molar-refractivity contribution in [3.63, 3.8) is 0 Å². The molecule has 0 aliphatic rings. The van der Waals surface area contributed by atoms with Crippen LogP contribution in [0.3, 0.4) is 0 Å².